The second-order valence-electron chi connectivity index (χ2n) is 7.90. The number of aromatic nitrogens is 2. The molecule has 3 aromatic carbocycles. The molecule has 1 N–H and O–H groups in total. The summed E-state index contributed by atoms with van der Waals surface area (Å²) < 4.78 is 41.3. The Kier molecular flexibility index (Phi) is 7.19. The lowest BCUT2D eigenvalue weighted by Crippen LogP contribution is -2.23. The normalized spacial score (nSPS) is 11.1. The summed E-state index contributed by atoms with van der Waals surface area (Å²) in [6, 6.07) is 25.4. The molecular weight excluding hydrogens is 501 g/mol. The quantitative estimate of drug-likeness (QED) is 0.323. The topological polar surface area (TPSA) is 81.1 Å². The molecule has 0 spiro atoms. The fourth-order valence-corrected chi connectivity index (χ4v) is 5.24. The van der Waals surface area contributed by atoms with Crippen LogP contribution in [0.5, 0.6) is 0 Å². The van der Waals surface area contributed by atoms with Crippen molar-refractivity contribution in [1.29, 1.82) is 0 Å². The van der Waals surface area contributed by atoms with Crippen molar-refractivity contribution in [3.63, 3.8) is 0 Å². The SMILES string of the molecule is Cl.O=C(NCc1ccc(F)cn1)c1ccc(S(=O)(=O)n2cc(-c3ccccc3)c3ccccc32)cc1. The van der Waals surface area contributed by atoms with E-state index in [0.29, 0.717) is 16.8 Å². The van der Waals surface area contributed by atoms with E-state index in [4.69, 9.17) is 0 Å². The van der Waals surface area contributed by atoms with Crippen molar-refractivity contribution in [3.05, 3.63) is 120 Å². The molecule has 182 valence electrons. The van der Waals surface area contributed by atoms with E-state index in [1.165, 1.54) is 40.4 Å². The van der Waals surface area contributed by atoms with Gasteiger partial charge in [-0.2, -0.15) is 0 Å². The van der Waals surface area contributed by atoms with Crippen LogP contribution in [0.2, 0.25) is 0 Å². The number of para-hydroxylation sites is 1. The molecule has 0 unspecified atom stereocenters. The fraction of sp³-hybridized carbons (Fsp3) is 0.0370. The number of hydrogen-bond acceptors (Lipinski definition) is 4. The first-order valence-electron chi connectivity index (χ1n) is 10.8. The summed E-state index contributed by atoms with van der Waals surface area (Å²) in [5.41, 5.74) is 3.11. The number of benzene rings is 3. The van der Waals surface area contributed by atoms with Crippen LogP contribution in [-0.4, -0.2) is 23.3 Å². The van der Waals surface area contributed by atoms with Gasteiger partial charge in [-0.05, 0) is 48.0 Å². The van der Waals surface area contributed by atoms with Crippen molar-refractivity contribution < 1.29 is 17.6 Å². The molecule has 2 heterocycles. The Balaban J connectivity index is 0.00000304. The van der Waals surface area contributed by atoms with Crippen molar-refractivity contribution in [2.24, 2.45) is 0 Å². The maximum atomic E-state index is 13.5. The maximum absolute atomic E-state index is 13.5. The minimum Gasteiger partial charge on any atom is -0.346 e. The number of hydrogen-bond donors (Lipinski definition) is 1. The van der Waals surface area contributed by atoms with Crippen LogP contribution in [0.4, 0.5) is 4.39 Å². The van der Waals surface area contributed by atoms with E-state index in [1.807, 2.05) is 42.5 Å². The van der Waals surface area contributed by atoms with Crippen molar-refractivity contribution in [1.82, 2.24) is 14.3 Å². The monoisotopic (exact) mass is 521 g/mol. The van der Waals surface area contributed by atoms with Crippen molar-refractivity contribution in [2.45, 2.75) is 11.4 Å². The number of fused-ring (bicyclic) bond motifs is 1. The molecule has 0 saturated heterocycles. The van der Waals surface area contributed by atoms with Crippen LogP contribution in [0, 0.1) is 5.82 Å². The van der Waals surface area contributed by atoms with E-state index in [9.17, 15) is 17.6 Å². The van der Waals surface area contributed by atoms with Crippen LogP contribution in [0.1, 0.15) is 16.1 Å². The first kappa shape index (κ1) is 25.1. The Labute approximate surface area is 213 Å². The Morgan fingerprint density at radius 1 is 0.889 bits per heavy atom. The standard InChI is InChI=1S/C27H20FN3O3S.ClH/c28-21-12-13-22(29-16-21)17-30-27(32)20-10-14-23(15-11-20)35(33,34)31-18-25(19-6-2-1-3-7-19)24-8-4-5-9-26(24)31;/h1-16,18H,17H2,(H,30,32);1H. The third-order valence-electron chi connectivity index (χ3n) is 5.65. The molecule has 0 bridgehead atoms. The van der Waals surface area contributed by atoms with Gasteiger partial charge < -0.3 is 5.32 Å². The summed E-state index contributed by atoms with van der Waals surface area (Å²) in [7, 11) is -3.92. The molecule has 6 nitrogen and oxygen atoms in total. The van der Waals surface area contributed by atoms with Crippen LogP contribution in [0.3, 0.4) is 0 Å². The van der Waals surface area contributed by atoms with Crippen LogP contribution >= 0.6 is 12.4 Å². The molecule has 0 atom stereocenters. The molecule has 0 aliphatic carbocycles. The Morgan fingerprint density at radius 3 is 2.28 bits per heavy atom. The summed E-state index contributed by atoms with van der Waals surface area (Å²) in [5, 5.41) is 3.52. The number of nitrogens with one attached hydrogen (secondary N) is 1. The molecule has 0 aliphatic rings. The van der Waals surface area contributed by atoms with Crippen molar-refractivity contribution in [2.75, 3.05) is 0 Å². The molecule has 1 amide bonds. The zero-order valence-corrected chi connectivity index (χ0v) is 20.5. The highest BCUT2D eigenvalue weighted by Gasteiger charge is 2.22. The molecule has 0 radical (unpaired) electrons. The second-order valence-corrected chi connectivity index (χ2v) is 9.72. The lowest BCUT2D eigenvalue weighted by Gasteiger charge is -2.09. The van der Waals surface area contributed by atoms with Gasteiger partial charge in [0.25, 0.3) is 15.9 Å². The predicted molar refractivity (Wildman–Crippen MR) is 139 cm³/mol. The lowest BCUT2D eigenvalue weighted by molar-refractivity contribution is 0.0950. The van der Waals surface area contributed by atoms with Crippen LogP contribution < -0.4 is 5.32 Å². The summed E-state index contributed by atoms with van der Waals surface area (Å²) in [4.78, 5) is 16.4. The number of halogens is 2. The van der Waals surface area contributed by atoms with E-state index in [-0.39, 0.29) is 23.8 Å². The second kappa shape index (κ2) is 10.3. The number of rotatable bonds is 6. The number of carbonyl (C=O) groups excluding carboxylic acids is 1. The minimum absolute atomic E-state index is 0. The van der Waals surface area contributed by atoms with E-state index >= 15 is 0 Å². The average Bonchev–Trinajstić information content (AvgIpc) is 3.29. The summed E-state index contributed by atoms with van der Waals surface area (Å²) >= 11 is 0. The first-order chi connectivity index (χ1) is 16.9. The minimum atomic E-state index is -3.92. The zero-order valence-electron chi connectivity index (χ0n) is 18.8. The van der Waals surface area contributed by atoms with E-state index in [1.54, 1.807) is 18.3 Å². The molecule has 2 aromatic heterocycles. The lowest BCUT2D eigenvalue weighted by atomic mass is 10.1. The van der Waals surface area contributed by atoms with Gasteiger partial charge in [-0.1, -0.05) is 48.5 Å². The summed E-state index contributed by atoms with van der Waals surface area (Å²) in [5.74, 6) is -0.846. The Bertz CT molecular complexity index is 1620. The summed E-state index contributed by atoms with van der Waals surface area (Å²) in [6.45, 7) is 0.122. The molecule has 0 aliphatic heterocycles. The molecule has 0 saturated carbocycles. The smallest absolute Gasteiger partial charge is 0.268 e. The van der Waals surface area contributed by atoms with Crippen molar-refractivity contribution >= 4 is 39.2 Å². The predicted octanol–water partition coefficient (Wildman–Crippen LogP) is 5.43. The van der Waals surface area contributed by atoms with Gasteiger partial charge in [0.1, 0.15) is 5.82 Å². The zero-order chi connectivity index (χ0) is 24.4. The van der Waals surface area contributed by atoms with Gasteiger partial charge in [0.2, 0.25) is 0 Å². The number of amides is 1. The molecule has 36 heavy (non-hydrogen) atoms. The van der Waals surface area contributed by atoms with Gasteiger partial charge >= 0.3 is 0 Å². The average molecular weight is 522 g/mol. The van der Waals surface area contributed by atoms with E-state index in [0.717, 1.165) is 22.7 Å². The molecule has 0 fully saturated rings. The summed E-state index contributed by atoms with van der Waals surface area (Å²) in [6.07, 6.45) is 2.71. The molecule has 9 heteroatoms. The van der Waals surface area contributed by atoms with Gasteiger partial charge in [0.05, 0.1) is 28.8 Å². The number of nitrogens with zero attached hydrogens (tertiary/aromatic N) is 2. The fourth-order valence-electron chi connectivity index (χ4n) is 3.87. The van der Waals surface area contributed by atoms with Crippen LogP contribution in [-0.2, 0) is 16.6 Å². The largest absolute Gasteiger partial charge is 0.346 e. The Hall–Kier alpha value is -4.01. The van der Waals surface area contributed by atoms with E-state index < -0.39 is 21.7 Å². The highest BCUT2D eigenvalue weighted by Crippen LogP contribution is 2.32. The van der Waals surface area contributed by atoms with Gasteiger partial charge in [-0.15, -0.1) is 12.4 Å². The molecular formula is C27H21ClFN3O3S. The first-order valence-corrected chi connectivity index (χ1v) is 12.3. The highest BCUT2D eigenvalue weighted by atomic mass is 35.5. The van der Waals surface area contributed by atoms with Crippen molar-refractivity contribution in [3.8, 4) is 11.1 Å². The third kappa shape index (κ3) is 4.86. The Morgan fingerprint density at radius 2 is 1.58 bits per heavy atom. The molecule has 5 rings (SSSR count). The van der Waals surface area contributed by atoms with Gasteiger partial charge in [0, 0.05) is 22.7 Å². The van der Waals surface area contributed by atoms with Gasteiger partial charge in [0.15, 0.2) is 0 Å². The third-order valence-corrected chi connectivity index (χ3v) is 7.34. The highest BCUT2D eigenvalue weighted by molar-refractivity contribution is 7.90. The number of carbonyl (C=O) groups is 1. The maximum Gasteiger partial charge on any atom is 0.268 e. The number of pyridine rings is 1. The van der Waals surface area contributed by atoms with Crippen LogP contribution in [0.15, 0.2) is 108 Å². The molecule has 5 aromatic rings. The van der Waals surface area contributed by atoms with Gasteiger partial charge in [-0.3, -0.25) is 9.78 Å². The van der Waals surface area contributed by atoms with Gasteiger partial charge in [-0.25, -0.2) is 16.8 Å². The van der Waals surface area contributed by atoms with Crippen LogP contribution in [0.25, 0.3) is 22.0 Å². The van der Waals surface area contributed by atoms with E-state index in [2.05, 4.69) is 10.3 Å².